The van der Waals surface area contributed by atoms with Gasteiger partial charge in [0, 0.05) is 5.56 Å². The molecule has 0 saturated heterocycles. The first-order chi connectivity index (χ1) is 14.6. The summed E-state index contributed by atoms with van der Waals surface area (Å²) in [6.07, 6.45) is 0. The molecule has 0 unspecified atom stereocenters. The molecular weight excluding hydrogens is 376 g/mol. The molecule has 0 heterocycles. The lowest BCUT2D eigenvalue weighted by Crippen LogP contribution is -2.09. The second-order valence-electron chi connectivity index (χ2n) is 6.60. The normalized spacial score (nSPS) is 10.4. The Morgan fingerprint density at radius 2 is 1.13 bits per heavy atom. The summed E-state index contributed by atoms with van der Waals surface area (Å²) in [7, 11) is 0. The number of nitrogen functional groups attached to an aromatic ring is 2. The van der Waals surface area contributed by atoms with Crippen molar-refractivity contribution in [2.24, 2.45) is 0 Å². The number of rotatable bonds is 6. The quantitative estimate of drug-likeness (QED) is 0.324. The van der Waals surface area contributed by atoms with Gasteiger partial charge in [-0.3, -0.25) is 4.79 Å². The zero-order valence-corrected chi connectivity index (χ0v) is 16.1. The number of carbonyl (C=O) groups is 1. The van der Waals surface area contributed by atoms with Gasteiger partial charge in [0.05, 0.1) is 11.3 Å². The van der Waals surface area contributed by atoms with Crippen molar-refractivity contribution in [3.05, 3.63) is 108 Å². The maximum absolute atomic E-state index is 13.1. The van der Waals surface area contributed by atoms with Gasteiger partial charge >= 0.3 is 0 Å². The first kappa shape index (κ1) is 19.1. The van der Waals surface area contributed by atoms with E-state index in [4.69, 9.17) is 20.9 Å². The standard InChI is InChI=1S/C25H20N2O3/c26-22-20(24(28)17-10-4-1-5-11-17)16-21(29-18-12-6-2-7-13-18)25(23(22)27)30-19-14-8-3-9-15-19/h1-16H,26-27H2. The molecule has 4 aromatic rings. The molecule has 4 rings (SSSR count). The third kappa shape index (κ3) is 3.95. The number of benzene rings is 4. The monoisotopic (exact) mass is 396 g/mol. The Hall–Kier alpha value is -4.25. The fraction of sp³-hybridized carbons (Fsp3) is 0. The van der Waals surface area contributed by atoms with E-state index in [1.165, 1.54) is 0 Å². The van der Waals surface area contributed by atoms with E-state index >= 15 is 0 Å². The zero-order chi connectivity index (χ0) is 20.9. The van der Waals surface area contributed by atoms with Crippen molar-refractivity contribution >= 4 is 17.2 Å². The average Bonchev–Trinajstić information content (AvgIpc) is 2.80. The predicted octanol–water partition coefficient (Wildman–Crippen LogP) is 5.67. The first-order valence-electron chi connectivity index (χ1n) is 9.41. The molecule has 0 aliphatic heterocycles. The second kappa shape index (κ2) is 8.41. The van der Waals surface area contributed by atoms with Gasteiger partial charge in [0.25, 0.3) is 0 Å². The summed E-state index contributed by atoms with van der Waals surface area (Å²) in [5.74, 6) is 1.47. The molecule has 4 aromatic carbocycles. The molecule has 148 valence electrons. The topological polar surface area (TPSA) is 87.6 Å². The highest BCUT2D eigenvalue weighted by atomic mass is 16.5. The number of hydrogen-bond acceptors (Lipinski definition) is 5. The van der Waals surface area contributed by atoms with Crippen LogP contribution < -0.4 is 20.9 Å². The summed E-state index contributed by atoms with van der Waals surface area (Å²) in [4.78, 5) is 13.1. The van der Waals surface area contributed by atoms with Gasteiger partial charge in [-0.25, -0.2) is 0 Å². The molecule has 0 aromatic heterocycles. The van der Waals surface area contributed by atoms with Crippen molar-refractivity contribution in [2.75, 3.05) is 11.5 Å². The van der Waals surface area contributed by atoms with Crippen molar-refractivity contribution in [1.29, 1.82) is 0 Å². The lowest BCUT2D eigenvalue weighted by Gasteiger charge is -2.18. The number of anilines is 2. The molecule has 0 aliphatic carbocycles. The van der Waals surface area contributed by atoms with Gasteiger partial charge in [-0.2, -0.15) is 0 Å². The van der Waals surface area contributed by atoms with E-state index in [1.54, 1.807) is 54.6 Å². The molecule has 5 nitrogen and oxygen atoms in total. The Morgan fingerprint density at radius 3 is 1.70 bits per heavy atom. The molecule has 0 amide bonds. The summed E-state index contributed by atoms with van der Waals surface area (Å²) in [5.41, 5.74) is 13.6. The van der Waals surface area contributed by atoms with Crippen LogP contribution in [0, 0.1) is 0 Å². The molecule has 4 N–H and O–H groups in total. The van der Waals surface area contributed by atoms with Crippen LogP contribution >= 0.6 is 0 Å². The Morgan fingerprint density at radius 1 is 0.633 bits per heavy atom. The minimum atomic E-state index is -0.246. The summed E-state index contributed by atoms with van der Waals surface area (Å²) in [6, 6.07) is 28.8. The Kier molecular flexibility index (Phi) is 5.35. The number of nitrogens with two attached hydrogens (primary N) is 2. The van der Waals surface area contributed by atoms with Crippen LogP contribution in [0.25, 0.3) is 0 Å². The summed E-state index contributed by atoms with van der Waals surface area (Å²) in [5, 5.41) is 0. The largest absolute Gasteiger partial charge is 0.453 e. The molecule has 0 atom stereocenters. The lowest BCUT2D eigenvalue weighted by molar-refractivity contribution is 0.103. The SMILES string of the molecule is Nc1c(C(=O)c2ccccc2)cc(Oc2ccccc2)c(Oc2ccccc2)c1N. The van der Waals surface area contributed by atoms with Gasteiger partial charge in [0.2, 0.25) is 0 Å². The molecule has 0 bridgehead atoms. The number of carbonyl (C=O) groups excluding carboxylic acids is 1. The molecule has 0 saturated carbocycles. The van der Waals surface area contributed by atoms with Crippen LogP contribution in [0.4, 0.5) is 11.4 Å². The third-order valence-electron chi connectivity index (χ3n) is 4.54. The second-order valence-corrected chi connectivity index (χ2v) is 6.60. The number of ketones is 1. The van der Waals surface area contributed by atoms with Gasteiger partial charge in [-0.1, -0.05) is 66.7 Å². The fourth-order valence-corrected chi connectivity index (χ4v) is 3.01. The number of para-hydroxylation sites is 2. The van der Waals surface area contributed by atoms with Gasteiger partial charge in [-0.15, -0.1) is 0 Å². The molecule has 0 aliphatic rings. The van der Waals surface area contributed by atoms with E-state index in [0.29, 0.717) is 22.8 Å². The third-order valence-corrected chi connectivity index (χ3v) is 4.54. The van der Waals surface area contributed by atoms with Gasteiger partial charge < -0.3 is 20.9 Å². The van der Waals surface area contributed by atoms with Gasteiger partial charge in [-0.05, 0) is 30.3 Å². The van der Waals surface area contributed by atoms with E-state index in [1.807, 2.05) is 42.5 Å². The zero-order valence-electron chi connectivity index (χ0n) is 16.1. The van der Waals surface area contributed by atoms with Crippen LogP contribution in [-0.2, 0) is 0 Å². The smallest absolute Gasteiger partial charge is 0.195 e. The summed E-state index contributed by atoms with van der Waals surface area (Å²) >= 11 is 0. The Balaban J connectivity index is 1.82. The van der Waals surface area contributed by atoms with Crippen LogP contribution in [0.1, 0.15) is 15.9 Å². The molecule has 0 fully saturated rings. The minimum absolute atomic E-state index is 0.145. The van der Waals surface area contributed by atoms with Gasteiger partial charge in [0.1, 0.15) is 17.2 Å². The Bertz CT molecular complexity index is 1160. The minimum Gasteiger partial charge on any atom is -0.453 e. The average molecular weight is 396 g/mol. The van der Waals surface area contributed by atoms with E-state index in [-0.39, 0.29) is 28.5 Å². The van der Waals surface area contributed by atoms with E-state index in [0.717, 1.165) is 0 Å². The van der Waals surface area contributed by atoms with E-state index < -0.39 is 0 Å². The highest BCUT2D eigenvalue weighted by Gasteiger charge is 2.22. The maximum Gasteiger partial charge on any atom is 0.195 e. The fourth-order valence-electron chi connectivity index (χ4n) is 3.01. The van der Waals surface area contributed by atoms with E-state index in [9.17, 15) is 4.79 Å². The van der Waals surface area contributed by atoms with Crippen molar-refractivity contribution in [3.8, 4) is 23.0 Å². The predicted molar refractivity (Wildman–Crippen MR) is 118 cm³/mol. The van der Waals surface area contributed by atoms with Crippen LogP contribution in [0.15, 0.2) is 97.1 Å². The van der Waals surface area contributed by atoms with Crippen LogP contribution in [-0.4, -0.2) is 5.78 Å². The summed E-state index contributed by atoms with van der Waals surface area (Å²) in [6.45, 7) is 0. The lowest BCUT2D eigenvalue weighted by atomic mass is 10.00. The molecular formula is C25H20N2O3. The Labute approximate surface area is 174 Å². The molecule has 0 spiro atoms. The van der Waals surface area contributed by atoms with Gasteiger partial charge in [0.15, 0.2) is 17.3 Å². The summed E-state index contributed by atoms with van der Waals surface area (Å²) < 4.78 is 12.0. The first-order valence-corrected chi connectivity index (χ1v) is 9.41. The molecule has 0 radical (unpaired) electrons. The molecule has 30 heavy (non-hydrogen) atoms. The van der Waals surface area contributed by atoms with Crippen molar-refractivity contribution < 1.29 is 14.3 Å². The van der Waals surface area contributed by atoms with Crippen molar-refractivity contribution in [1.82, 2.24) is 0 Å². The molecule has 5 heteroatoms. The highest BCUT2D eigenvalue weighted by molar-refractivity contribution is 6.14. The number of hydrogen-bond donors (Lipinski definition) is 2. The van der Waals surface area contributed by atoms with E-state index in [2.05, 4.69) is 0 Å². The maximum atomic E-state index is 13.1. The van der Waals surface area contributed by atoms with Crippen molar-refractivity contribution in [3.63, 3.8) is 0 Å². The van der Waals surface area contributed by atoms with Crippen LogP contribution in [0.2, 0.25) is 0 Å². The number of ether oxygens (including phenoxy) is 2. The highest BCUT2D eigenvalue weighted by Crippen LogP contribution is 2.44. The van der Waals surface area contributed by atoms with Crippen molar-refractivity contribution in [2.45, 2.75) is 0 Å². The van der Waals surface area contributed by atoms with Crippen LogP contribution in [0.3, 0.4) is 0 Å². The van der Waals surface area contributed by atoms with Crippen LogP contribution in [0.5, 0.6) is 23.0 Å².